The highest BCUT2D eigenvalue weighted by molar-refractivity contribution is 7.89. The van der Waals surface area contributed by atoms with Crippen LogP contribution in [0.4, 0.5) is 11.4 Å². The minimum Gasteiger partial charge on any atom is -0.478 e. The number of nitrogens with one attached hydrogen (secondary N) is 2. The predicted molar refractivity (Wildman–Crippen MR) is 119 cm³/mol. The van der Waals surface area contributed by atoms with Crippen LogP contribution in [-0.4, -0.2) is 44.2 Å². The summed E-state index contributed by atoms with van der Waals surface area (Å²) in [5, 5.41) is 5.49. The summed E-state index contributed by atoms with van der Waals surface area (Å²) >= 11 is 0. The van der Waals surface area contributed by atoms with Crippen LogP contribution < -0.4 is 15.4 Å². The molecule has 2 aromatic carbocycles. The zero-order valence-electron chi connectivity index (χ0n) is 18.3. The molecule has 8 nitrogen and oxygen atoms in total. The number of amides is 2. The summed E-state index contributed by atoms with van der Waals surface area (Å²) < 4.78 is 33.0. The minimum absolute atomic E-state index is 0.0268. The molecule has 0 saturated heterocycles. The van der Waals surface area contributed by atoms with E-state index in [1.54, 1.807) is 13.0 Å². The molecule has 0 aliphatic carbocycles. The van der Waals surface area contributed by atoms with E-state index in [2.05, 4.69) is 10.6 Å². The van der Waals surface area contributed by atoms with Gasteiger partial charge in [-0.05, 0) is 62.1 Å². The number of rotatable bonds is 6. The Bertz CT molecular complexity index is 1120. The van der Waals surface area contributed by atoms with Crippen LogP contribution in [0.15, 0.2) is 35.2 Å². The van der Waals surface area contributed by atoms with E-state index in [0.717, 1.165) is 15.4 Å². The van der Waals surface area contributed by atoms with E-state index in [1.807, 2.05) is 39.0 Å². The van der Waals surface area contributed by atoms with Gasteiger partial charge in [0.05, 0.1) is 17.1 Å². The van der Waals surface area contributed by atoms with Crippen LogP contribution in [0.3, 0.4) is 0 Å². The van der Waals surface area contributed by atoms with E-state index >= 15 is 0 Å². The van der Waals surface area contributed by atoms with Crippen molar-refractivity contribution in [3.63, 3.8) is 0 Å². The van der Waals surface area contributed by atoms with Crippen molar-refractivity contribution >= 4 is 33.2 Å². The van der Waals surface area contributed by atoms with Crippen LogP contribution in [0.5, 0.6) is 5.75 Å². The average Bonchev–Trinajstić information content (AvgIpc) is 2.65. The number of ether oxygens (including phenoxy) is 1. The molecule has 1 unspecified atom stereocenters. The normalized spacial score (nSPS) is 15.8. The smallest absolute Gasteiger partial charge is 0.265 e. The van der Waals surface area contributed by atoms with Crippen molar-refractivity contribution in [1.29, 1.82) is 0 Å². The lowest BCUT2D eigenvalue weighted by Crippen LogP contribution is -2.37. The van der Waals surface area contributed by atoms with Gasteiger partial charge in [-0.15, -0.1) is 0 Å². The Morgan fingerprint density at radius 2 is 1.77 bits per heavy atom. The summed E-state index contributed by atoms with van der Waals surface area (Å²) in [5.41, 5.74) is 3.49. The first-order chi connectivity index (χ1) is 14.5. The molecule has 2 amide bonds. The molecular formula is C22H27N3O5S. The molecule has 1 aliphatic heterocycles. The second-order valence-electron chi connectivity index (χ2n) is 7.80. The summed E-state index contributed by atoms with van der Waals surface area (Å²) in [6.07, 6.45) is -0.216. The second-order valence-corrected chi connectivity index (χ2v) is 9.82. The highest BCUT2D eigenvalue weighted by atomic mass is 32.2. The topological polar surface area (TPSA) is 105 Å². The number of fused-ring (bicyclic) bond motifs is 1. The first-order valence-corrected chi connectivity index (χ1v) is 11.4. The number of hydrogen-bond donors (Lipinski definition) is 2. The molecule has 0 aromatic heterocycles. The van der Waals surface area contributed by atoms with Crippen LogP contribution in [0.25, 0.3) is 0 Å². The fraction of sp³-hybridized carbons (Fsp3) is 0.364. The van der Waals surface area contributed by atoms with Gasteiger partial charge < -0.3 is 15.4 Å². The maximum atomic E-state index is 13.2. The molecule has 0 fully saturated rings. The fourth-order valence-corrected chi connectivity index (χ4v) is 4.88. The zero-order chi connectivity index (χ0) is 22.9. The van der Waals surface area contributed by atoms with Crippen molar-refractivity contribution in [3.8, 4) is 5.75 Å². The number of likely N-dealkylation sites (N-methyl/N-ethyl adjacent to an activating group) is 1. The standard InChI is InChI=1S/C22H27N3O5S/c1-6-18-22(27)24-17-10-15(4)20(11-19(17)30-18)31(28,29)25(5)12-21(26)23-16-8-13(2)7-14(3)9-16/h7-11,18H,6,12H2,1-5H3,(H,23,26)(H,24,27). The number of benzene rings is 2. The molecule has 1 aliphatic rings. The van der Waals surface area contributed by atoms with Gasteiger partial charge in [0, 0.05) is 18.8 Å². The molecule has 0 bridgehead atoms. The first kappa shape index (κ1) is 22.8. The van der Waals surface area contributed by atoms with Crippen LogP contribution >= 0.6 is 0 Å². The quantitative estimate of drug-likeness (QED) is 0.711. The molecular weight excluding hydrogens is 418 g/mol. The highest BCUT2D eigenvalue weighted by Gasteiger charge is 2.31. The molecule has 166 valence electrons. The van der Waals surface area contributed by atoms with E-state index in [9.17, 15) is 18.0 Å². The summed E-state index contributed by atoms with van der Waals surface area (Å²) in [6.45, 7) is 6.94. The highest BCUT2D eigenvalue weighted by Crippen LogP contribution is 2.35. The summed E-state index contributed by atoms with van der Waals surface area (Å²) in [6, 6.07) is 8.60. The van der Waals surface area contributed by atoms with Crippen molar-refractivity contribution in [2.45, 2.75) is 45.1 Å². The van der Waals surface area contributed by atoms with Crippen molar-refractivity contribution in [1.82, 2.24) is 4.31 Å². The van der Waals surface area contributed by atoms with Gasteiger partial charge in [0.15, 0.2) is 6.10 Å². The van der Waals surface area contributed by atoms with Crippen LogP contribution in [-0.2, 0) is 19.6 Å². The molecule has 2 N–H and O–H groups in total. The van der Waals surface area contributed by atoms with Crippen molar-refractivity contribution < 1.29 is 22.7 Å². The molecule has 9 heteroatoms. The number of hydrogen-bond acceptors (Lipinski definition) is 5. The fourth-order valence-electron chi connectivity index (χ4n) is 3.53. The van der Waals surface area contributed by atoms with Gasteiger partial charge in [0.25, 0.3) is 5.91 Å². The summed E-state index contributed by atoms with van der Waals surface area (Å²) in [4.78, 5) is 24.5. The molecule has 0 saturated carbocycles. The Kier molecular flexibility index (Phi) is 6.38. The third-order valence-corrected chi connectivity index (χ3v) is 6.97. The van der Waals surface area contributed by atoms with Gasteiger partial charge in [-0.2, -0.15) is 4.31 Å². The third kappa shape index (κ3) is 4.88. The Balaban J connectivity index is 1.80. The molecule has 2 aromatic rings. The molecule has 1 heterocycles. The minimum atomic E-state index is -3.96. The number of sulfonamides is 1. The van der Waals surface area contributed by atoms with Crippen molar-refractivity contribution in [3.05, 3.63) is 47.0 Å². The summed E-state index contributed by atoms with van der Waals surface area (Å²) in [5.74, 6) is -0.407. The van der Waals surface area contributed by atoms with Gasteiger partial charge >= 0.3 is 0 Å². The molecule has 31 heavy (non-hydrogen) atoms. The molecule has 3 rings (SSSR count). The average molecular weight is 446 g/mol. The van der Waals surface area contributed by atoms with Crippen LogP contribution in [0, 0.1) is 20.8 Å². The number of aryl methyl sites for hydroxylation is 3. The van der Waals surface area contributed by atoms with Gasteiger partial charge in [-0.3, -0.25) is 9.59 Å². The van der Waals surface area contributed by atoms with Gasteiger partial charge in [-0.25, -0.2) is 8.42 Å². The summed E-state index contributed by atoms with van der Waals surface area (Å²) in [7, 11) is -2.61. The van der Waals surface area contributed by atoms with Crippen molar-refractivity contribution in [2.75, 3.05) is 24.2 Å². The van der Waals surface area contributed by atoms with E-state index in [1.165, 1.54) is 13.1 Å². The van der Waals surface area contributed by atoms with Gasteiger partial charge in [0.1, 0.15) is 5.75 Å². The van der Waals surface area contributed by atoms with E-state index in [4.69, 9.17) is 4.74 Å². The largest absolute Gasteiger partial charge is 0.478 e. The monoisotopic (exact) mass is 445 g/mol. The number of carbonyl (C=O) groups excluding carboxylic acids is 2. The maximum Gasteiger partial charge on any atom is 0.265 e. The number of nitrogens with zero attached hydrogens (tertiary/aromatic N) is 1. The van der Waals surface area contributed by atoms with E-state index in [0.29, 0.717) is 29.1 Å². The second kappa shape index (κ2) is 8.68. The van der Waals surface area contributed by atoms with Gasteiger partial charge in [0.2, 0.25) is 15.9 Å². The molecule has 0 spiro atoms. The lowest BCUT2D eigenvalue weighted by atomic mass is 10.1. The maximum absolute atomic E-state index is 13.2. The third-order valence-electron chi connectivity index (χ3n) is 5.03. The Labute approximate surface area is 182 Å². The lowest BCUT2D eigenvalue weighted by Gasteiger charge is -2.27. The van der Waals surface area contributed by atoms with Gasteiger partial charge in [-0.1, -0.05) is 13.0 Å². The van der Waals surface area contributed by atoms with E-state index < -0.39 is 22.0 Å². The molecule has 1 atom stereocenters. The Morgan fingerprint density at radius 3 is 2.39 bits per heavy atom. The SMILES string of the molecule is CCC1Oc2cc(S(=O)(=O)N(C)CC(=O)Nc3cc(C)cc(C)c3)c(C)cc2NC1=O. The predicted octanol–water partition coefficient (Wildman–Crippen LogP) is 2.98. The Morgan fingerprint density at radius 1 is 1.13 bits per heavy atom. The van der Waals surface area contributed by atoms with Crippen LogP contribution in [0.1, 0.15) is 30.0 Å². The number of anilines is 2. The number of carbonyl (C=O) groups is 2. The molecule has 0 radical (unpaired) electrons. The first-order valence-electron chi connectivity index (χ1n) is 9.98. The zero-order valence-corrected chi connectivity index (χ0v) is 19.1. The van der Waals surface area contributed by atoms with Crippen molar-refractivity contribution in [2.24, 2.45) is 0 Å². The van der Waals surface area contributed by atoms with E-state index in [-0.39, 0.29) is 17.3 Å². The Hall–Kier alpha value is -2.91. The van der Waals surface area contributed by atoms with Crippen LogP contribution in [0.2, 0.25) is 0 Å². The lowest BCUT2D eigenvalue weighted by molar-refractivity contribution is -0.123.